The molecule has 2 heteroatoms. The van der Waals surface area contributed by atoms with Crippen LogP contribution >= 0.6 is 0 Å². The molecule has 0 aliphatic rings. The van der Waals surface area contributed by atoms with E-state index < -0.39 is 120 Å². The molecular formula is C18H35NO. The van der Waals surface area contributed by atoms with Crippen LogP contribution in [0.3, 0.4) is 0 Å². The van der Waals surface area contributed by atoms with Crippen molar-refractivity contribution >= 4 is 5.91 Å². The summed E-state index contributed by atoms with van der Waals surface area (Å²) in [5.74, 6) is -2.49. The van der Waals surface area contributed by atoms with Gasteiger partial charge in [0, 0.05) is 48.9 Å². The second-order valence-corrected chi connectivity index (χ2v) is 2.31. The number of primary amides is 1. The average molecular weight is 317 g/mol. The van der Waals surface area contributed by atoms with Gasteiger partial charge in [0.05, 0.1) is 2.74 Å². The highest BCUT2D eigenvalue weighted by Crippen LogP contribution is 2.09. The number of hydrogen-bond donors (Lipinski definition) is 1. The number of carbonyl (C=O) groups excluding carboxylic acids is 1. The van der Waals surface area contributed by atoms with Crippen LogP contribution in [0.15, 0.2) is 12.1 Å². The third-order valence-electron chi connectivity index (χ3n) is 1.04. The lowest BCUT2D eigenvalue weighted by molar-refractivity contribution is -0.118. The zero-order valence-electron chi connectivity index (χ0n) is 44.9. The number of nitrogens with two attached hydrogens (primary N) is 1. The summed E-state index contributed by atoms with van der Waals surface area (Å²) in [6, 6.07) is -5.15. The Balaban J connectivity index is 7.73. The van der Waals surface area contributed by atoms with Crippen LogP contribution in [0.5, 0.6) is 0 Å². The lowest BCUT2D eigenvalue weighted by Gasteiger charge is -1.99. The molecule has 0 bridgehead atoms. The lowest BCUT2D eigenvalue weighted by atomic mass is 10.1. The summed E-state index contributed by atoms with van der Waals surface area (Å²) >= 11 is 0. The van der Waals surface area contributed by atoms with Crippen LogP contribution in [-0.2, 0) is 4.79 Å². The van der Waals surface area contributed by atoms with Crippen molar-refractivity contribution in [3.8, 4) is 0 Å². The number of rotatable bonds is 15. The Morgan fingerprint density at radius 3 is 2.15 bits per heavy atom. The third kappa shape index (κ3) is 17.2. The van der Waals surface area contributed by atoms with Crippen molar-refractivity contribution in [3.63, 3.8) is 0 Å². The van der Waals surface area contributed by atoms with Gasteiger partial charge in [-0.1, -0.05) is 69.9 Å². The molecule has 0 saturated heterocycles. The van der Waals surface area contributed by atoms with Gasteiger partial charge in [0.15, 0.2) is 2.82 Å². The summed E-state index contributed by atoms with van der Waals surface area (Å²) in [6.07, 6.45) is -66.7. The standard InChI is InChI=1S/C18H35NO/c1-2-3-4-5-6-7-8-9-10-11-12-13-14-15-16-17-18(19)20/h9-10H,2-8,11-17H2,1H3,(H2,19,20)/b10-9-/i1D3,2D2,3D2,4D2,5D2,6D2,7D2,8D2,9D,10D,11D2,12D2,13D2,14D2,15D2,16D2,17D2/hD2. The van der Waals surface area contributed by atoms with E-state index in [2.05, 4.69) is 0 Å². The van der Waals surface area contributed by atoms with Crippen molar-refractivity contribution in [1.82, 2.24) is 0 Å². The fraction of sp³-hybridized carbons (Fsp3) is 0.833. The molecule has 2 nitrogen and oxygen atoms in total. The quantitative estimate of drug-likeness (QED) is 0.398. The highest BCUT2D eigenvalue weighted by atomic mass is 16.1. The Bertz CT molecular complexity index is 1480. The molecule has 0 spiro atoms. The van der Waals surface area contributed by atoms with Gasteiger partial charge in [0.25, 0.3) is 0 Å². The smallest absolute Gasteiger partial charge is 0.217 e. The zero-order chi connectivity index (χ0) is 45.8. The molecule has 2 N–H and O–H groups in total. The normalized spacial score (nSPS) is 48.5. The van der Waals surface area contributed by atoms with Crippen molar-refractivity contribution in [3.05, 3.63) is 12.1 Å². The molecule has 0 aliphatic carbocycles. The second kappa shape index (κ2) is 16.3. The highest BCUT2D eigenvalue weighted by molar-refractivity contribution is 5.73. The first-order chi connectivity index (χ1) is 23.2. The first kappa shape index (κ1) is 2.25. The fourth-order valence-corrected chi connectivity index (χ4v) is 0.491. The molecule has 0 saturated carbocycles. The zero-order valence-corrected chi connectivity index (χ0v) is 9.86. The molecule has 0 aliphatic heterocycles. The predicted molar refractivity (Wildman–Crippen MR) is 88.6 cm³/mol. The molecule has 118 valence electrons. The topological polar surface area (TPSA) is 43.1 Å². The summed E-state index contributed by atoms with van der Waals surface area (Å²) in [6.45, 7) is -4.10. The van der Waals surface area contributed by atoms with Crippen LogP contribution in [0.4, 0.5) is 0 Å². The van der Waals surface area contributed by atoms with E-state index in [4.69, 9.17) is 48.1 Å². The van der Waals surface area contributed by atoms with E-state index in [9.17, 15) is 4.79 Å². The van der Waals surface area contributed by atoms with Gasteiger partial charge < -0.3 is 5.72 Å². The van der Waals surface area contributed by atoms with Crippen molar-refractivity contribution in [1.29, 1.82) is 0 Å². The number of hydrogen-bond acceptors (Lipinski definition) is 1. The Morgan fingerprint density at radius 1 is 1.00 bits per heavy atom. The molecule has 0 rings (SSSR count). The summed E-state index contributed by atoms with van der Waals surface area (Å²) in [5.41, 5.74) is -1.09. The minimum atomic E-state index is -4.95. The Labute approximate surface area is 175 Å². The van der Waals surface area contributed by atoms with E-state index in [1.807, 2.05) is 0 Å². The van der Waals surface area contributed by atoms with Crippen molar-refractivity contribution in [2.24, 2.45) is 5.72 Å². The first-order valence-electron chi connectivity index (χ1n) is 22.1. The molecule has 20 heavy (non-hydrogen) atoms. The van der Waals surface area contributed by atoms with Gasteiger partial charge in [-0.15, -0.1) is 0 Å². The van der Waals surface area contributed by atoms with Gasteiger partial charge in [-0.3, -0.25) is 4.79 Å². The maximum Gasteiger partial charge on any atom is 0.217 e. The molecule has 1 amide bonds. The number of amides is 1. The third-order valence-corrected chi connectivity index (χ3v) is 1.04. The molecule has 0 aromatic heterocycles. The van der Waals surface area contributed by atoms with E-state index >= 15 is 0 Å². The van der Waals surface area contributed by atoms with Crippen LogP contribution in [0, 0.1) is 0 Å². The summed E-state index contributed by atoms with van der Waals surface area (Å²) in [7, 11) is 0. The monoisotopic (exact) mass is 316 g/mol. The van der Waals surface area contributed by atoms with E-state index in [0.29, 0.717) is 0 Å². The van der Waals surface area contributed by atoms with Crippen LogP contribution in [0.1, 0.15) is 141 Å². The lowest BCUT2D eigenvalue weighted by Crippen LogP contribution is -2.09. The van der Waals surface area contributed by atoms with Crippen LogP contribution in [0.2, 0.25) is 2.82 Å². The van der Waals surface area contributed by atoms with Crippen LogP contribution < -0.4 is 5.72 Å². The Morgan fingerprint density at radius 2 is 1.55 bits per heavy atom. The Kier molecular flexibility index (Phi) is 1.83. The van der Waals surface area contributed by atoms with Gasteiger partial charge in [-0.05, 0) is 31.9 Å². The summed E-state index contributed by atoms with van der Waals surface area (Å²) in [5, 5.41) is 0. The summed E-state index contributed by atoms with van der Waals surface area (Å²) in [4.78, 5) is 12.0. The van der Waals surface area contributed by atoms with Gasteiger partial charge in [-0.2, -0.15) is 0 Å². The van der Waals surface area contributed by atoms with Crippen LogP contribution in [0.25, 0.3) is 0 Å². The molecule has 0 atom stereocenters. The van der Waals surface area contributed by atoms with Gasteiger partial charge in [-0.25, -0.2) is 0 Å². The van der Waals surface area contributed by atoms with E-state index in [1.165, 1.54) is 0 Å². The minimum Gasteiger partial charge on any atom is -0.370 e. The van der Waals surface area contributed by atoms with E-state index in [1.54, 1.807) is 0 Å². The molecule has 0 unspecified atom stereocenters. The van der Waals surface area contributed by atoms with E-state index in [-0.39, 0.29) is 0 Å². The van der Waals surface area contributed by atoms with Gasteiger partial charge in [0.1, 0.15) is 0 Å². The summed E-state index contributed by atoms with van der Waals surface area (Å²) < 4.78 is 275. The minimum absolute atomic E-state index is 1.09. The molecule has 0 fully saturated rings. The fourth-order valence-electron chi connectivity index (χ4n) is 0.491. The van der Waals surface area contributed by atoms with Gasteiger partial charge in [0.2, 0.25) is 5.91 Å². The predicted octanol–water partition coefficient (Wildman–Crippen LogP) is 5.51. The van der Waals surface area contributed by atoms with Crippen molar-refractivity contribution < 1.29 is 52.9 Å². The maximum absolute atomic E-state index is 12.0. The molecule has 0 aromatic carbocycles. The molecule has 0 radical (unpaired) electrons. The van der Waals surface area contributed by atoms with Crippen molar-refractivity contribution in [2.45, 2.75) is 96.1 Å². The maximum atomic E-state index is 12.0. The SMILES string of the molecule is [2H]/C(=C(\[2H])C([2H])([2H])C([2H])([2H])C([2H])([2H])C([2H])([2H])C([2H])([2H])C([2H])([2H])C([2H])([2H])C([2H])([2H])[2H])C([2H])([2H])C([2H])([2H])C([2H])([2H])C([2H])([2H])C([2H])([2H])C([2H])([2H])C([2H])([2H])C(=O)N([2H])[2H]. The number of carbonyl (C=O) groups is 1. The van der Waals surface area contributed by atoms with Crippen LogP contribution in [-0.4, -0.2) is 5.91 Å². The molecule has 0 heterocycles. The second-order valence-electron chi connectivity index (χ2n) is 2.31. The number of allylic oxidation sites excluding steroid dienone is 2. The highest BCUT2D eigenvalue weighted by Gasteiger charge is 1.94. The largest absolute Gasteiger partial charge is 0.370 e. The Hall–Kier alpha value is -0.790. The van der Waals surface area contributed by atoms with Gasteiger partial charge >= 0.3 is 0 Å². The molecular weight excluding hydrogens is 246 g/mol. The molecule has 0 aromatic rings. The van der Waals surface area contributed by atoms with Crippen molar-refractivity contribution in [2.75, 3.05) is 0 Å². The average Bonchev–Trinajstić information content (AvgIpc) is 2.97. The van der Waals surface area contributed by atoms with E-state index in [0.717, 1.165) is 0 Å². The first-order valence-corrected chi connectivity index (χ1v) is 4.68.